The molecule has 0 aromatic rings. The number of carbonyl (C=O) groups excluding carboxylic acids is 3. The van der Waals surface area contributed by atoms with Gasteiger partial charge in [-0.2, -0.15) is 0 Å². The highest BCUT2D eigenvalue weighted by atomic mass is 16.6. The van der Waals surface area contributed by atoms with Crippen LogP contribution in [0.3, 0.4) is 0 Å². The van der Waals surface area contributed by atoms with Crippen molar-refractivity contribution in [2.45, 2.75) is 59.8 Å². The Kier molecular flexibility index (Phi) is 30.9. The second-order valence-corrected chi connectivity index (χ2v) is 5.73. The molecule has 0 saturated heterocycles. The third-order valence-corrected chi connectivity index (χ3v) is 2.91. The van der Waals surface area contributed by atoms with E-state index in [2.05, 4.69) is 9.47 Å². The summed E-state index contributed by atoms with van der Waals surface area (Å²) >= 11 is 0. The van der Waals surface area contributed by atoms with Gasteiger partial charge >= 0.3 is 11.9 Å². The summed E-state index contributed by atoms with van der Waals surface area (Å²) < 4.78 is 23.7. The van der Waals surface area contributed by atoms with Gasteiger partial charge in [-0.25, -0.2) is 0 Å². The van der Waals surface area contributed by atoms with Gasteiger partial charge in [0.15, 0.2) is 0 Å². The average molecular weight is 409 g/mol. The zero-order valence-corrected chi connectivity index (χ0v) is 18.5. The maximum atomic E-state index is 10.4. The predicted molar refractivity (Wildman–Crippen MR) is 107 cm³/mol. The van der Waals surface area contributed by atoms with Crippen LogP contribution in [0, 0.1) is 0 Å². The molecule has 0 radical (unpaired) electrons. The van der Waals surface area contributed by atoms with E-state index in [9.17, 15) is 14.4 Å². The number of ketones is 1. The SMILES string of the molecule is CCOCCOC(C)=O.COCCCCCC(C)=O.COCCCOC(C)=O. The number of methoxy groups -OCH3 is 2. The molecule has 0 amide bonds. The fourth-order valence-corrected chi connectivity index (χ4v) is 1.60. The molecule has 0 saturated carbocycles. The van der Waals surface area contributed by atoms with Gasteiger partial charge in [0.1, 0.15) is 12.4 Å². The summed E-state index contributed by atoms with van der Waals surface area (Å²) in [5.74, 6) is -0.196. The molecule has 0 aliphatic rings. The standard InChI is InChI=1S/C8H16O2.2C6H12O3/c1-8(9)6-4-3-5-7-10-2;1-6(7)9-5-3-4-8-2;1-3-8-4-5-9-6(2)7/h3-7H2,1-2H3;2*3-5H2,1-2H3. The van der Waals surface area contributed by atoms with Crippen molar-refractivity contribution in [1.82, 2.24) is 0 Å². The van der Waals surface area contributed by atoms with Crippen molar-refractivity contribution in [3.8, 4) is 0 Å². The Bertz CT molecular complexity index is 336. The number of esters is 2. The first kappa shape index (κ1) is 31.2. The van der Waals surface area contributed by atoms with Crippen LogP contribution in [0.5, 0.6) is 0 Å². The molecule has 0 fully saturated rings. The molecule has 0 N–H and O–H groups in total. The Labute approximate surface area is 170 Å². The minimum atomic E-state index is -0.255. The lowest BCUT2D eigenvalue weighted by molar-refractivity contribution is -0.142. The zero-order valence-electron chi connectivity index (χ0n) is 18.5. The fraction of sp³-hybridized carbons (Fsp3) is 0.850. The van der Waals surface area contributed by atoms with Crippen molar-refractivity contribution in [1.29, 1.82) is 0 Å². The van der Waals surface area contributed by atoms with Crippen LogP contribution in [0.4, 0.5) is 0 Å². The van der Waals surface area contributed by atoms with E-state index in [4.69, 9.17) is 14.2 Å². The van der Waals surface area contributed by atoms with E-state index in [-0.39, 0.29) is 17.7 Å². The summed E-state index contributed by atoms with van der Waals surface area (Å²) in [6.45, 7) is 9.76. The minimum absolute atomic E-state index is 0.230. The molecule has 28 heavy (non-hydrogen) atoms. The van der Waals surface area contributed by atoms with Crippen molar-refractivity contribution in [2.24, 2.45) is 0 Å². The molecule has 0 aliphatic heterocycles. The summed E-state index contributed by atoms with van der Waals surface area (Å²) in [6, 6.07) is 0. The number of unbranched alkanes of at least 4 members (excludes halogenated alkanes) is 2. The molecular formula is C20H40O8. The third-order valence-electron chi connectivity index (χ3n) is 2.91. The molecular weight excluding hydrogens is 368 g/mol. The molecule has 0 rings (SSSR count). The Morgan fingerprint density at radius 1 is 0.643 bits per heavy atom. The van der Waals surface area contributed by atoms with Crippen LogP contribution in [0.2, 0.25) is 0 Å². The van der Waals surface area contributed by atoms with Crippen molar-refractivity contribution in [3.63, 3.8) is 0 Å². The van der Waals surface area contributed by atoms with Gasteiger partial charge in [-0.3, -0.25) is 9.59 Å². The Hall–Kier alpha value is -1.51. The highest BCUT2D eigenvalue weighted by Crippen LogP contribution is 1.99. The highest BCUT2D eigenvalue weighted by molar-refractivity contribution is 5.75. The minimum Gasteiger partial charge on any atom is -0.466 e. The molecule has 0 atom stereocenters. The molecule has 0 aliphatic carbocycles. The van der Waals surface area contributed by atoms with Gasteiger partial charge in [0.25, 0.3) is 0 Å². The first-order valence-electron chi connectivity index (χ1n) is 9.63. The summed E-state index contributed by atoms with van der Waals surface area (Å²) in [5.41, 5.74) is 0. The number of Topliss-reactive ketones (excluding diaryl/α,β-unsaturated/α-hetero) is 1. The van der Waals surface area contributed by atoms with Crippen LogP contribution in [0.25, 0.3) is 0 Å². The van der Waals surface area contributed by atoms with Gasteiger partial charge in [0, 0.05) is 60.7 Å². The lowest BCUT2D eigenvalue weighted by Gasteiger charge is -1.99. The van der Waals surface area contributed by atoms with Crippen LogP contribution < -0.4 is 0 Å². The van der Waals surface area contributed by atoms with Gasteiger partial charge < -0.3 is 28.5 Å². The predicted octanol–water partition coefficient (Wildman–Crippen LogP) is 2.95. The quantitative estimate of drug-likeness (QED) is 0.320. The largest absolute Gasteiger partial charge is 0.466 e. The van der Waals surface area contributed by atoms with E-state index in [0.29, 0.717) is 33.0 Å². The smallest absolute Gasteiger partial charge is 0.302 e. The normalized spacial score (nSPS) is 9.36. The first-order valence-corrected chi connectivity index (χ1v) is 9.63. The van der Waals surface area contributed by atoms with Crippen molar-refractivity contribution in [2.75, 3.05) is 53.9 Å². The van der Waals surface area contributed by atoms with Crippen molar-refractivity contribution < 1.29 is 38.1 Å². The molecule has 168 valence electrons. The van der Waals surface area contributed by atoms with Crippen LogP contribution in [0.15, 0.2) is 0 Å². The average Bonchev–Trinajstić information content (AvgIpc) is 2.63. The molecule has 0 spiro atoms. The molecule has 8 heteroatoms. The topological polar surface area (TPSA) is 97.4 Å². The monoisotopic (exact) mass is 408 g/mol. The van der Waals surface area contributed by atoms with Crippen LogP contribution in [-0.2, 0) is 38.1 Å². The van der Waals surface area contributed by atoms with E-state index >= 15 is 0 Å². The number of hydrogen-bond acceptors (Lipinski definition) is 8. The maximum Gasteiger partial charge on any atom is 0.302 e. The van der Waals surface area contributed by atoms with Crippen LogP contribution in [-0.4, -0.2) is 71.6 Å². The van der Waals surface area contributed by atoms with Crippen LogP contribution in [0.1, 0.15) is 59.8 Å². The lowest BCUT2D eigenvalue weighted by Crippen LogP contribution is -2.06. The molecule has 0 unspecified atom stereocenters. The van der Waals surface area contributed by atoms with E-state index < -0.39 is 0 Å². The van der Waals surface area contributed by atoms with E-state index in [1.54, 1.807) is 21.1 Å². The summed E-state index contributed by atoms with van der Waals surface area (Å²) in [4.78, 5) is 30.7. The summed E-state index contributed by atoms with van der Waals surface area (Å²) in [7, 11) is 3.32. The van der Waals surface area contributed by atoms with Gasteiger partial charge in [0.05, 0.1) is 13.2 Å². The molecule has 0 heterocycles. The first-order chi connectivity index (χ1) is 13.3. The maximum absolute atomic E-state index is 10.4. The molecule has 0 bridgehead atoms. The third kappa shape index (κ3) is 44.2. The number of rotatable bonds is 14. The molecule has 0 aromatic carbocycles. The summed E-state index contributed by atoms with van der Waals surface area (Å²) in [6.07, 6.45) is 4.69. The lowest BCUT2D eigenvalue weighted by atomic mass is 10.1. The van der Waals surface area contributed by atoms with Gasteiger partial charge in [-0.1, -0.05) is 6.42 Å². The van der Waals surface area contributed by atoms with E-state index in [1.807, 2.05) is 6.92 Å². The summed E-state index contributed by atoms with van der Waals surface area (Å²) in [5, 5.41) is 0. The Balaban J connectivity index is -0.000000336. The fourth-order valence-electron chi connectivity index (χ4n) is 1.60. The zero-order chi connectivity index (χ0) is 22.0. The second-order valence-electron chi connectivity index (χ2n) is 5.73. The number of ether oxygens (including phenoxy) is 5. The molecule has 8 nitrogen and oxygen atoms in total. The van der Waals surface area contributed by atoms with Gasteiger partial charge in [-0.15, -0.1) is 0 Å². The van der Waals surface area contributed by atoms with Crippen molar-refractivity contribution in [3.05, 3.63) is 0 Å². The Morgan fingerprint density at radius 3 is 1.64 bits per heavy atom. The van der Waals surface area contributed by atoms with E-state index in [1.165, 1.54) is 13.8 Å². The number of carbonyl (C=O) groups is 3. The molecule has 0 aromatic heterocycles. The van der Waals surface area contributed by atoms with E-state index in [0.717, 1.165) is 38.7 Å². The van der Waals surface area contributed by atoms with Gasteiger partial charge in [-0.05, 0) is 26.7 Å². The Morgan fingerprint density at radius 2 is 1.18 bits per heavy atom. The number of hydrogen-bond donors (Lipinski definition) is 0. The highest BCUT2D eigenvalue weighted by Gasteiger charge is 1.92. The van der Waals surface area contributed by atoms with Crippen LogP contribution >= 0.6 is 0 Å². The van der Waals surface area contributed by atoms with Crippen molar-refractivity contribution >= 4 is 17.7 Å². The van der Waals surface area contributed by atoms with Gasteiger partial charge in [0.2, 0.25) is 0 Å². The second kappa shape index (κ2) is 27.7.